The molecule has 0 saturated carbocycles. The maximum atomic E-state index is 13.2. The zero-order valence-corrected chi connectivity index (χ0v) is 26.5. The van der Waals surface area contributed by atoms with Crippen molar-refractivity contribution in [2.24, 2.45) is 0 Å². The van der Waals surface area contributed by atoms with Crippen molar-refractivity contribution < 1.29 is 19.1 Å². The molecular weight excluding hydrogens is 580 g/mol. The van der Waals surface area contributed by atoms with Gasteiger partial charge in [-0.2, -0.15) is 11.3 Å². The van der Waals surface area contributed by atoms with Gasteiger partial charge in [0.2, 0.25) is 0 Å². The fourth-order valence-corrected chi connectivity index (χ4v) is 5.87. The first-order valence-electron chi connectivity index (χ1n) is 15.1. The maximum Gasteiger partial charge on any atom is 0.328 e. The van der Waals surface area contributed by atoms with Crippen molar-refractivity contribution in [1.82, 2.24) is 0 Å². The van der Waals surface area contributed by atoms with Crippen LogP contribution in [0.1, 0.15) is 39.0 Å². The highest BCUT2D eigenvalue weighted by atomic mass is 32.1. The summed E-state index contributed by atoms with van der Waals surface area (Å²) in [5, 5.41) is 7.58. The third-order valence-electron chi connectivity index (χ3n) is 7.55. The third kappa shape index (κ3) is 8.83. The molecule has 0 aliphatic rings. The average Bonchev–Trinajstić information content (AvgIpc) is 3.60. The predicted molar refractivity (Wildman–Crippen MR) is 183 cm³/mol. The minimum Gasteiger partial charge on any atom is -0.494 e. The standard InChI is InChI=1S/C38H38N2O4S/c1-28-10-8-13-32(24-28)40(26-30-20-23-45-27-30)21-9-22-44-33-18-16-29(17-19-33)25-36(38(42)43-2)39-35-15-7-6-14-34(35)37(41)31-11-4-3-5-12-31/h3-8,10-20,23-24,27,36,39H,9,21-22,25-26H2,1-2H3/t36-/m0/s1. The summed E-state index contributed by atoms with van der Waals surface area (Å²) in [5.41, 5.74) is 6.38. The van der Waals surface area contributed by atoms with Crippen LogP contribution in [0.5, 0.6) is 5.75 Å². The third-order valence-corrected chi connectivity index (χ3v) is 8.28. The van der Waals surface area contributed by atoms with Gasteiger partial charge in [-0.25, -0.2) is 4.79 Å². The van der Waals surface area contributed by atoms with Crippen LogP contribution in [0.15, 0.2) is 120 Å². The number of thiophene rings is 1. The summed E-state index contributed by atoms with van der Waals surface area (Å²) in [5.74, 6) is 0.260. The molecular formula is C38H38N2O4S. The van der Waals surface area contributed by atoms with Gasteiger partial charge >= 0.3 is 5.97 Å². The quantitative estimate of drug-likeness (QED) is 0.0730. The molecule has 6 nitrogen and oxygen atoms in total. The number of nitrogens with zero attached hydrogens (tertiary/aromatic N) is 1. The summed E-state index contributed by atoms with van der Waals surface area (Å²) < 4.78 is 11.2. The number of hydrogen-bond donors (Lipinski definition) is 1. The van der Waals surface area contributed by atoms with E-state index < -0.39 is 12.0 Å². The van der Waals surface area contributed by atoms with Gasteiger partial charge in [0, 0.05) is 42.0 Å². The normalized spacial score (nSPS) is 11.4. The second-order valence-corrected chi connectivity index (χ2v) is 11.7. The Kier molecular flexibility index (Phi) is 11.0. The van der Waals surface area contributed by atoms with Gasteiger partial charge in [0.25, 0.3) is 0 Å². The van der Waals surface area contributed by atoms with Gasteiger partial charge in [-0.1, -0.05) is 66.7 Å². The monoisotopic (exact) mass is 618 g/mol. The highest BCUT2D eigenvalue weighted by Gasteiger charge is 2.22. The minimum atomic E-state index is -0.678. The number of ketones is 1. The zero-order valence-electron chi connectivity index (χ0n) is 25.6. The molecule has 0 fully saturated rings. The van der Waals surface area contributed by atoms with Crippen molar-refractivity contribution in [1.29, 1.82) is 0 Å². The van der Waals surface area contributed by atoms with Gasteiger partial charge in [-0.15, -0.1) is 0 Å². The van der Waals surface area contributed by atoms with Crippen LogP contribution < -0.4 is 15.0 Å². The molecule has 0 aliphatic heterocycles. The summed E-state index contributed by atoms with van der Waals surface area (Å²) in [6.45, 7) is 4.44. The molecule has 1 N–H and O–H groups in total. The molecule has 1 aromatic heterocycles. The molecule has 4 aromatic carbocycles. The Morgan fingerprint density at radius 2 is 1.64 bits per heavy atom. The maximum absolute atomic E-state index is 13.2. The Balaban J connectivity index is 1.18. The van der Waals surface area contributed by atoms with E-state index in [1.54, 1.807) is 29.5 Å². The van der Waals surface area contributed by atoms with Crippen molar-refractivity contribution >= 4 is 34.5 Å². The molecule has 7 heteroatoms. The van der Waals surface area contributed by atoms with Gasteiger partial charge in [-0.3, -0.25) is 4.79 Å². The summed E-state index contributed by atoms with van der Waals surface area (Å²) in [6, 6.07) is 34.2. The van der Waals surface area contributed by atoms with E-state index in [4.69, 9.17) is 9.47 Å². The smallest absolute Gasteiger partial charge is 0.328 e. The Morgan fingerprint density at radius 3 is 2.38 bits per heavy atom. The molecule has 230 valence electrons. The van der Waals surface area contributed by atoms with Crippen LogP contribution in [0, 0.1) is 6.92 Å². The van der Waals surface area contributed by atoms with Crippen molar-refractivity contribution in [2.75, 3.05) is 30.5 Å². The molecule has 1 heterocycles. The molecule has 45 heavy (non-hydrogen) atoms. The van der Waals surface area contributed by atoms with Crippen LogP contribution in [0.3, 0.4) is 0 Å². The molecule has 0 bridgehead atoms. The highest BCUT2D eigenvalue weighted by molar-refractivity contribution is 7.07. The largest absolute Gasteiger partial charge is 0.494 e. The van der Waals surface area contributed by atoms with E-state index in [9.17, 15) is 9.59 Å². The van der Waals surface area contributed by atoms with Crippen molar-refractivity contribution in [2.45, 2.75) is 32.4 Å². The second kappa shape index (κ2) is 15.7. The number of anilines is 2. The van der Waals surface area contributed by atoms with Crippen molar-refractivity contribution in [3.63, 3.8) is 0 Å². The van der Waals surface area contributed by atoms with Gasteiger partial charge in [0.05, 0.1) is 13.7 Å². The van der Waals surface area contributed by atoms with Crippen molar-refractivity contribution in [3.8, 4) is 5.75 Å². The number of rotatable bonds is 15. The lowest BCUT2D eigenvalue weighted by atomic mass is 10.00. The van der Waals surface area contributed by atoms with Crippen LogP contribution in [-0.2, 0) is 22.5 Å². The fourth-order valence-electron chi connectivity index (χ4n) is 5.21. The Labute approximate surface area is 269 Å². The molecule has 5 aromatic rings. The number of aryl methyl sites for hydroxylation is 1. The Bertz CT molecular complexity index is 1670. The number of methoxy groups -OCH3 is 1. The number of nitrogens with one attached hydrogen (secondary N) is 1. The Morgan fingerprint density at radius 1 is 0.867 bits per heavy atom. The summed E-state index contributed by atoms with van der Waals surface area (Å²) in [6.07, 6.45) is 1.25. The molecule has 0 radical (unpaired) electrons. The van der Waals surface area contributed by atoms with E-state index in [0.29, 0.717) is 29.8 Å². The summed E-state index contributed by atoms with van der Waals surface area (Å²) in [7, 11) is 1.37. The van der Waals surface area contributed by atoms with E-state index in [2.05, 4.69) is 58.2 Å². The molecule has 1 atom stereocenters. The number of carbonyl (C=O) groups excluding carboxylic acids is 2. The van der Waals surface area contributed by atoms with Crippen LogP contribution in [0.2, 0.25) is 0 Å². The lowest BCUT2D eigenvalue weighted by molar-refractivity contribution is -0.141. The summed E-state index contributed by atoms with van der Waals surface area (Å²) >= 11 is 1.72. The van der Waals surface area contributed by atoms with Gasteiger partial charge < -0.3 is 19.7 Å². The number of ether oxygens (including phenoxy) is 2. The first-order valence-corrected chi connectivity index (χ1v) is 16.0. The second-order valence-electron chi connectivity index (χ2n) is 10.9. The van der Waals surface area contributed by atoms with Crippen LogP contribution in [0.4, 0.5) is 11.4 Å². The van der Waals surface area contributed by atoms with E-state index in [0.717, 1.165) is 30.8 Å². The van der Waals surface area contributed by atoms with E-state index >= 15 is 0 Å². The Hall–Kier alpha value is -4.88. The topological polar surface area (TPSA) is 67.9 Å². The lowest BCUT2D eigenvalue weighted by Crippen LogP contribution is -2.33. The zero-order chi connectivity index (χ0) is 31.4. The number of esters is 1. The molecule has 0 aliphatic carbocycles. The van der Waals surface area contributed by atoms with E-state index in [-0.39, 0.29) is 5.78 Å². The van der Waals surface area contributed by atoms with Gasteiger partial charge in [0.15, 0.2) is 5.78 Å². The van der Waals surface area contributed by atoms with Gasteiger partial charge in [0.1, 0.15) is 11.8 Å². The number of para-hydroxylation sites is 1. The first-order chi connectivity index (χ1) is 22.0. The number of carbonyl (C=O) groups is 2. The highest BCUT2D eigenvalue weighted by Crippen LogP contribution is 2.23. The summed E-state index contributed by atoms with van der Waals surface area (Å²) in [4.78, 5) is 28.4. The average molecular weight is 619 g/mol. The lowest BCUT2D eigenvalue weighted by Gasteiger charge is -2.25. The van der Waals surface area contributed by atoms with Crippen LogP contribution in [0.25, 0.3) is 0 Å². The first kappa shape index (κ1) is 31.5. The SMILES string of the molecule is COC(=O)[C@H](Cc1ccc(OCCCN(Cc2ccsc2)c2cccc(C)c2)cc1)Nc1ccccc1C(=O)c1ccccc1. The molecule has 0 saturated heterocycles. The van der Waals surface area contributed by atoms with Crippen LogP contribution >= 0.6 is 11.3 Å². The predicted octanol–water partition coefficient (Wildman–Crippen LogP) is 7.96. The molecule has 5 rings (SSSR count). The minimum absolute atomic E-state index is 0.114. The van der Waals surface area contributed by atoms with Crippen molar-refractivity contribution in [3.05, 3.63) is 148 Å². The van der Waals surface area contributed by atoms with E-state index in [1.807, 2.05) is 60.7 Å². The molecule has 0 unspecified atom stereocenters. The molecule has 0 amide bonds. The van der Waals surface area contributed by atoms with E-state index in [1.165, 1.54) is 23.9 Å². The fraction of sp³-hybridized carbons (Fsp3) is 0.211. The number of hydrogen-bond acceptors (Lipinski definition) is 7. The van der Waals surface area contributed by atoms with Gasteiger partial charge in [-0.05, 0) is 83.3 Å². The molecule has 0 spiro atoms. The number of benzene rings is 4. The van der Waals surface area contributed by atoms with Crippen LogP contribution in [-0.4, -0.2) is 38.1 Å².